The monoisotopic (exact) mass is 212 g/mol. The number of methoxy groups -OCH3 is 1. The molecule has 0 saturated heterocycles. The molecule has 0 fully saturated rings. The van der Waals surface area contributed by atoms with Crippen LogP contribution < -0.4 is 4.74 Å². The van der Waals surface area contributed by atoms with Crippen molar-refractivity contribution in [3.05, 3.63) is 29.8 Å². The summed E-state index contributed by atoms with van der Waals surface area (Å²) in [5.41, 5.74) is 0.698. The van der Waals surface area contributed by atoms with Crippen molar-refractivity contribution in [3.8, 4) is 5.75 Å². The summed E-state index contributed by atoms with van der Waals surface area (Å²) in [7, 11) is 1.57. The molecule has 1 aromatic rings. The second-order valence-corrected chi connectivity index (χ2v) is 3.36. The van der Waals surface area contributed by atoms with Crippen molar-refractivity contribution in [2.24, 2.45) is 0 Å². The molecule has 0 radical (unpaired) electrons. The Morgan fingerprint density at radius 3 is 2.27 bits per heavy atom. The van der Waals surface area contributed by atoms with Crippen LogP contribution in [0.1, 0.15) is 18.1 Å². The van der Waals surface area contributed by atoms with E-state index in [-0.39, 0.29) is 13.0 Å². The van der Waals surface area contributed by atoms with Gasteiger partial charge in [-0.1, -0.05) is 12.1 Å². The Balaban J connectivity index is 2.61. The third-order valence-corrected chi connectivity index (χ3v) is 2.21. The van der Waals surface area contributed by atoms with Gasteiger partial charge in [0.25, 0.3) is 0 Å². The number of hydrogen-bond acceptors (Lipinski definition) is 4. The van der Waals surface area contributed by atoms with E-state index in [1.54, 1.807) is 31.4 Å². The van der Waals surface area contributed by atoms with Crippen molar-refractivity contribution in [2.45, 2.75) is 18.6 Å². The van der Waals surface area contributed by atoms with E-state index in [4.69, 9.17) is 14.9 Å². The lowest BCUT2D eigenvalue weighted by Gasteiger charge is -2.14. The molecule has 0 aliphatic rings. The number of rotatable bonds is 5. The van der Waals surface area contributed by atoms with Crippen molar-refractivity contribution < 1.29 is 20.1 Å². The van der Waals surface area contributed by atoms with E-state index in [1.807, 2.05) is 0 Å². The zero-order valence-corrected chi connectivity index (χ0v) is 8.63. The molecule has 0 aliphatic carbocycles. The molecule has 0 unspecified atom stereocenters. The van der Waals surface area contributed by atoms with Crippen LogP contribution in [0.2, 0.25) is 0 Å². The van der Waals surface area contributed by atoms with Gasteiger partial charge < -0.3 is 20.1 Å². The minimum absolute atomic E-state index is 0.128. The summed E-state index contributed by atoms with van der Waals surface area (Å²) in [5, 5.41) is 27.5. The molecule has 84 valence electrons. The predicted octanol–water partition coefficient (Wildman–Crippen LogP) is 0.472. The lowest BCUT2D eigenvalue weighted by Crippen LogP contribution is -2.16. The third-order valence-electron chi connectivity index (χ3n) is 2.21. The largest absolute Gasteiger partial charge is 0.497 e. The highest BCUT2D eigenvalue weighted by Crippen LogP contribution is 2.21. The fraction of sp³-hybridized carbons (Fsp3) is 0.455. The van der Waals surface area contributed by atoms with Gasteiger partial charge in [-0.05, 0) is 17.7 Å². The van der Waals surface area contributed by atoms with Gasteiger partial charge in [0, 0.05) is 6.42 Å². The highest BCUT2D eigenvalue weighted by molar-refractivity contribution is 5.28. The van der Waals surface area contributed by atoms with Gasteiger partial charge in [0.2, 0.25) is 0 Å². The van der Waals surface area contributed by atoms with Gasteiger partial charge in [-0.25, -0.2) is 0 Å². The molecular formula is C11H16O4. The van der Waals surface area contributed by atoms with Gasteiger partial charge in [-0.3, -0.25) is 0 Å². The van der Waals surface area contributed by atoms with Gasteiger partial charge in [0.1, 0.15) is 5.75 Å². The highest BCUT2D eigenvalue weighted by Gasteiger charge is 2.12. The predicted molar refractivity (Wildman–Crippen MR) is 55.7 cm³/mol. The molecular weight excluding hydrogens is 196 g/mol. The molecule has 0 bridgehead atoms. The molecule has 4 nitrogen and oxygen atoms in total. The molecule has 1 aromatic carbocycles. The van der Waals surface area contributed by atoms with Crippen LogP contribution in [0.15, 0.2) is 24.3 Å². The summed E-state index contributed by atoms with van der Waals surface area (Å²) in [4.78, 5) is 0. The average Bonchev–Trinajstić information content (AvgIpc) is 2.29. The molecule has 0 heterocycles. The molecule has 0 aromatic heterocycles. The van der Waals surface area contributed by atoms with Crippen LogP contribution in [-0.4, -0.2) is 35.1 Å². The summed E-state index contributed by atoms with van der Waals surface area (Å²) >= 11 is 0. The summed E-state index contributed by atoms with van der Waals surface area (Å²) < 4.78 is 4.98. The quantitative estimate of drug-likeness (QED) is 0.663. The maximum absolute atomic E-state index is 9.67. The third kappa shape index (κ3) is 3.51. The van der Waals surface area contributed by atoms with Crippen LogP contribution in [0, 0.1) is 0 Å². The Labute approximate surface area is 88.8 Å². The first-order valence-corrected chi connectivity index (χ1v) is 4.78. The lowest BCUT2D eigenvalue weighted by molar-refractivity contribution is 0.0413. The average molecular weight is 212 g/mol. The smallest absolute Gasteiger partial charge is 0.118 e. The molecule has 0 amide bonds. The number of aliphatic hydroxyl groups is 3. The summed E-state index contributed by atoms with van der Waals surface area (Å²) in [5.74, 6) is 0.716. The van der Waals surface area contributed by atoms with Crippen molar-refractivity contribution in [1.82, 2.24) is 0 Å². The van der Waals surface area contributed by atoms with Crippen molar-refractivity contribution in [3.63, 3.8) is 0 Å². The lowest BCUT2D eigenvalue weighted by atomic mass is 10.0. The zero-order valence-electron chi connectivity index (χ0n) is 8.63. The van der Waals surface area contributed by atoms with E-state index in [0.29, 0.717) is 11.3 Å². The first-order valence-electron chi connectivity index (χ1n) is 4.78. The van der Waals surface area contributed by atoms with E-state index in [9.17, 15) is 5.11 Å². The van der Waals surface area contributed by atoms with Gasteiger partial charge >= 0.3 is 0 Å². The Bertz CT molecular complexity index is 283. The van der Waals surface area contributed by atoms with Gasteiger partial charge in [-0.2, -0.15) is 0 Å². The highest BCUT2D eigenvalue weighted by atomic mass is 16.5. The maximum atomic E-state index is 9.67. The topological polar surface area (TPSA) is 69.9 Å². The normalized spacial score (nSPS) is 14.7. The van der Waals surface area contributed by atoms with Crippen molar-refractivity contribution >= 4 is 0 Å². The van der Waals surface area contributed by atoms with E-state index in [1.165, 1.54) is 0 Å². The fourth-order valence-corrected chi connectivity index (χ4v) is 1.29. The maximum Gasteiger partial charge on any atom is 0.118 e. The van der Waals surface area contributed by atoms with Gasteiger partial charge in [-0.15, -0.1) is 0 Å². The Morgan fingerprint density at radius 1 is 1.20 bits per heavy atom. The fourth-order valence-electron chi connectivity index (χ4n) is 1.29. The molecule has 0 aliphatic heterocycles. The second-order valence-electron chi connectivity index (χ2n) is 3.36. The molecule has 4 heteroatoms. The number of ether oxygens (including phenoxy) is 1. The summed E-state index contributed by atoms with van der Waals surface area (Å²) in [6.45, 7) is -0.340. The van der Waals surface area contributed by atoms with E-state index >= 15 is 0 Å². The number of aliphatic hydroxyl groups excluding tert-OH is 3. The Kier molecular flexibility index (Phi) is 4.55. The Hall–Kier alpha value is -1.10. The molecule has 15 heavy (non-hydrogen) atoms. The molecule has 2 atom stereocenters. The van der Waals surface area contributed by atoms with Crippen molar-refractivity contribution in [1.29, 1.82) is 0 Å². The van der Waals surface area contributed by atoms with Crippen LogP contribution in [0.25, 0.3) is 0 Å². The minimum atomic E-state index is -0.887. The molecule has 1 rings (SSSR count). The van der Waals surface area contributed by atoms with E-state index in [2.05, 4.69) is 0 Å². The summed E-state index contributed by atoms with van der Waals surface area (Å²) in [6.07, 6.45) is -1.52. The van der Waals surface area contributed by atoms with Gasteiger partial charge in [0.15, 0.2) is 0 Å². The minimum Gasteiger partial charge on any atom is -0.497 e. The standard InChI is InChI=1S/C11H16O4/c1-15-10-4-2-8(3-5-10)11(14)6-9(13)7-12/h2-5,9,11-14H,6-7H2,1H3/t9-,11-/m1/s1. The van der Waals surface area contributed by atoms with Crippen molar-refractivity contribution in [2.75, 3.05) is 13.7 Å². The number of benzene rings is 1. The second kappa shape index (κ2) is 5.70. The Morgan fingerprint density at radius 2 is 1.80 bits per heavy atom. The SMILES string of the molecule is COc1ccc([C@H](O)C[C@@H](O)CO)cc1. The zero-order chi connectivity index (χ0) is 11.3. The van der Waals surface area contributed by atoms with Crippen LogP contribution in [0.5, 0.6) is 5.75 Å². The van der Waals surface area contributed by atoms with Crippen LogP contribution in [0.3, 0.4) is 0 Å². The van der Waals surface area contributed by atoms with Crippen LogP contribution in [0.4, 0.5) is 0 Å². The van der Waals surface area contributed by atoms with Crippen LogP contribution >= 0.6 is 0 Å². The van der Waals surface area contributed by atoms with Gasteiger partial charge in [0.05, 0.1) is 25.9 Å². The molecule has 3 N–H and O–H groups in total. The summed E-state index contributed by atoms with van der Waals surface area (Å²) in [6, 6.07) is 6.94. The first kappa shape index (κ1) is 12.0. The van der Waals surface area contributed by atoms with E-state index < -0.39 is 12.2 Å². The first-order chi connectivity index (χ1) is 7.17. The molecule has 0 saturated carbocycles. The van der Waals surface area contributed by atoms with E-state index in [0.717, 1.165) is 0 Å². The molecule has 0 spiro atoms. The number of hydrogen-bond donors (Lipinski definition) is 3. The van der Waals surface area contributed by atoms with Crippen LogP contribution in [-0.2, 0) is 0 Å².